The molecule has 1 heterocycles. The Morgan fingerprint density at radius 1 is 0.946 bits per heavy atom. The van der Waals surface area contributed by atoms with Gasteiger partial charge in [0, 0.05) is 36.3 Å². The molecule has 37 heavy (non-hydrogen) atoms. The molecular formula is C30H32ClN3O3. The quantitative estimate of drug-likeness (QED) is 0.240. The number of carbonyl (C=O) groups is 1. The number of methoxy groups -OCH3 is 1. The van der Waals surface area contributed by atoms with E-state index in [4.69, 9.17) is 21.4 Å². The lowest BCUT2D eigenvalue weighted by atomic mass is 10.0. The van der Waals surface area contributed by atoms with Crippen LogP contribution in [0.2, 0.25) is 5.02 Å². The molecule has 0 aliphatic heterocycles. The molecule has 0 bridgehead atoms. The predicted molar refractivity (Wildman–Crippen MR) is 148 cm³/mol. The van der Waals surface area contributed by atoms with E-state index < -0.39 is 0 Å². The molecule has 1 unspecified atom stereocenters. The van der Waals surface area contributed by atoms with Crippen LogP contribution in [0.5, 0.6) is 0 Å². The van der Waals surface area contributed by atoms with E-state index in [0.29, 0.717) is 29.7 Å². The van der Waals surface area contributed by atoms with E-state index in [1.54, 1.807) is 4.68 Å². The standard InChI is InChI=1S/C30H32ClN3O3/c1-33(21-23-8-4-3-5-9-23)19-18-25(16-17-29(35)37-2)34-30(36)27-11-7-6-10-26(27)28(32-34)20-22-12-14-24(31)15-13-22/h3-15,25H,16-21H2,1-2H3. The molecule has 0 saturated carbocycles. The van der Waals surface area contributed by atoms with Crippen LogP contribution in [0.15, 0.2) is 83.7 Å². The van der Waals surface area contributed by atoms with E-state index in [0.717, 1.165) is 29.7 Å². The predicted octanol–water partition coefficient (Wildman–Crippen LogP) is 5.66. The highest BCUT2D eigenvalue weighted by Gasteiger charge is 2.20. The van der Waals surface area contributed by atoms with Crippen LogP contribution in [0.4, 0.5) is 0 Å². The summed E-state index contributed by atoms with van der Waals surface area (Å²) in [5, 5.41) is 7.03. The molecule has 0 aliphatic rings. The summed E-state index contributed by atoms with van der Waals surface area (Å²) in [6.45, 7) is 1.54. The van der Waals surface area contributed by atoms with E-state index in [1.807, 2.05) is 66.7 Å². The summed E-state index contributed by atoms with van der Waals surface area (Å²) in [6, 6.07) is 25.3. The fourth-order valence-electron chi connectivity index (χ4n) is 4.57. The Balaban J connectivity index is 1.65. The van der Waals surface area contributed by atoms with Gasteiger partial charge in [-0.05, 0) is 49.2 Å². The summed E-state index contributed by atoms with van der Waals surface area (Å²) in [5.41, 5.74) is 2.96. The maximum absolute atomic E-state index is 13.6. The van der Waals surface area contributed by atoms with Crippen molar-refractivity contribution >= 4 is 28.3 Å². The fourth-order valence-corrected chi connectivity index (χ4v) is 4.69. The first-order valence-corrected chi connectivity index (χ1v) is 12.9. The first-order valence-electron chi connectivity index (χ1n) is 12.5. The molecule has 0 saturated heterocycles. The van der Waals surface area contributed by atoms with E-state index in [1.165, 1.54) is 12.7 Å². The monoisotopic (exact) mass is 517 g/mol. The second kappa shape index (κ2) is 12.7. The number of halogens is 1. The third-order valence-corrected chi connectivity index (χ3v) is 6.84. The van der Waals surface area contributed by atoms with Crippen molar-refractivity contribution in [2.45, 2.75) is 38.3 Å². The normalized spacial score (nSPS) is 12.1. The average molecular weight is 518 g/mol. The zero-order valence-electron chi connectivity index (χ0n) is 21.3. The Morgan fingerprint density at radius 2 is 1.62 bits per heavy atom. The molecule has 1 aromatic heterocycles. The Morgan fingerprint density at radius 3 is 2.32 bits per heavy atom. The lowest BCUT2D eigenvalue weighted by Gasteiger charge is -2.24. The van der Waals surface area contributed by atoms with Gasteiger partial charge in [0.2, 0.25) is 0 Å². The van der Waals surface area contributed by atoms with E-state index in [2.05, 4.69) is 24.1 Å². The van der Waals surface area contributed by atoms with Crippen molar-refractivity contribution in [2.75, 3.05) is 20.7 Å². The number of aromatic nitrogens is 2. The molecule has 0 spiro atoms. The van der Waals surface area contributed by atoms with Crippen molar-refractivity contribution in [3.05, 3.63) is 111 Å². The van der Waals surface area contributed by atoms with Gasteiger partial charge < -0.3 is 9.64 Å². The van der Waals surface area contributed by atoms with Gasteiger partial charge in [0.05, 0.1) is 24.2 Å². The maximum Gasteiger partial charge on any atom is 0.305 e. The minimum absolute atomic E-state index is 0.143. The molecule has 3 aromatic carbocycles. The van der Waals surface area contributed by atoms with Crippen LogP contribution < -0.4 is 5.56 Å². The van der Waals surface area contributed by atoms with Gasteiger partial charge >= 0.3 is 5.97 Å². The number of fused-ring (bicyclic) bond motifs is 1. The van der Waals surface area contributed by atoms with Crippen LogP contribution >= 0.6 is 11.6 Å². The number of carbonyl (C=O) groups excluding carboxylic acids is 1. The van der Waals surface area contributed by atoms with Gasteiger partial charge in [0.1, 0.15) is 0 Å². The van der Waals surface area contributed by atoms with Crippen LogP contribution in [0.1, 0.15) is 42.1 Å². The van der Waals surface area contributed by atoms with Crippen molar-refractivity contribution in [2.24, 2.45) is 0 Å². The van der Waals surface area contributed by atoms with Gasteiger partial charge in [-0.15, -0.1) is 0 Å². The van der Waals surface area contributed by atoms with Crippen molar-refractivity contribution < 1.29 is 9.53 Å². The summed E-state index contributed by atoms with van der Waals surface area (Å²) >= 11 is 6.08. The number of rotatable bonds is 11. The first-order chi connectivity index (χ1) is 17.9. The van der Waals surface area contributed by atoms with Crippen molar-refractivity contribution in [1.29, 1.82) is 0 Å². The van der Waals surface area contributed by atoms with Crippen LogP contribution in [0.25, 0.3) is 10.8 Å². The molecule has 1 atom stereocenters. The van der Waals surface area contributed by atoms with Gasteiger partial charge in [-0.3, -0.25) is 9.59 Å². The largest absolute Gasteiger partial charge is 0.469 e. The fraction of sp³-hybridized carbons (Fsp3) is 0.300. The third kappa shape index (κ3) is 7.06. The number of benzene rings is 3. The van der Waals surface area contributed by atoms with Gasteiger partial charge in [0.25, 0.3) is 5.56 Å². The topological polar surface area (TPSA) is 64.4 Å². The lowest BCUT2D eigenvalue weighted by molar-refractivity contribution is -0.140. The molecule has 6 nitrogen and oxygen atoms in total. The van der Waals surface area contributed by atoms with Crippen molar-refractivity contribution in [3.63, 3.8) is 0 Å². The first kappa shape index (κ1) is 26.6. The number of esters is 1. The van der Waals surface area contributed by atoms with Crippen molar-refractivity contribution in [3.8, 4) is 0 Å². The van der Waals surface area contributed by atoms with E-state index >= 15 is 0 Å². The zero-order chi connectivity index (χ0) is 26.2. The molecule has 0 radical (unpaired) electrons. The second-order valence-electron chi connectivity index (χ2n) is 9.33. The number of hydrogen-bond donors (Lipinski definition) is 0. The molecule has 192 valence electrons. The van der Waals surface area contributed by atoms with Gasteiger partial charge in [-0.2, -0.15) is 5.10 Å². The summed E-state index contributed by atoms with van der Waals surface area (Å²) in [6.07, 6.45) is 1.93. The van der Waals surface area contributed by atoms with Crippen LogP contribution in [0.3, 0.4) is 0 Å². The summed E-state index contributed by atoms with van der Waals surface area (Å²) < 4.78 is 6.48. The minimum atomic E-state index is -0.294. The molecule has 0 aliphatic carbocycles. The lowest BCUT2D eigenvalue weighted by Crippen LogP contribution is -2.32. The molecule has 0 amide bonds. The highest BCUT2D eigenvalue weighted by Crippen LogP contribution is 2.23. The summed E-state index contributed by atoms with van der Waals surface area (Å²) in [7, 11) is 3.45. The highest BCUT2D eigenvalue weighted by molar-refractivity contribution is 6.30. The Bertz CT molecular complexity index is 1390. The minimum Gasteiger partial charge on any atom is -0.469 e. The number of ether oxygens (including phenoxy) is 1. The Hall–Kier alpha value is -3.48. The molecular weight excluding hydrogens is 486 g/mol. The molecule has 7 heteroatoms. The van der Waals surface area contributed by atoms with Crippen LogP contribution in [-0.2, 0) is 22.5 Å². The maximum atomic E-state index is 13.6. The van der Waals surface area contributed by atoms with Gasteiger partial charge in [0.15, 0.2) is 0 Å². The van der Waals surface area contributed by atoms with Crippen LogP contribution in [0, 0.1) is 0 Å². The number of hydrogen-bond acceptors (Lipinski definition) is 5. The molecule has 0 fully saturated rings. The van der Waals surface area contributed by atoms with Crippen LogP contribution in [-0.4, -0.2) is 41.4 Å². The summed E-state index contributed by atoms with van der Waals surface area (Å²) in [5.74, 6) is -0.294. The molecule has 4 aromatic rings. The van der Waals surface area contributed by atoms with Crippen molar-refractivity contribution in [1.82, 2.24) is 14.7 Å². The van der Waals surface area contributed by atoms with Gasteiger partial charge in [-0.1, -0.05) is 72.3 Å². The number of nitrogens with zero attached hydrogens (tertiary/aromatic N) is 3. The van der Waals surface area contributed by atoms with Gasteiger partial charge in [-0.25, -0.2) is 4.68 Å². The van der Waals surface area contributed by atoms with E-state index in [-0.39, 0.29) is 24.0 Å². The third-order valence-electron chi connectivity index (χ3n) is 6.58. The average Bonchev–Trinajstić information content (AvgIpc) is 2.92. The smallest absolute Gasteiger partial charge is 0.305 e. The zero-order valence-corrected chi connectivity index (χ0v) is 22.0. The summed E-state index contributed by atoms with van der Waals surface area (Å²) in [4.78, 5) is 27.9. The Kier molecular flexibility index (Phi) is 9.09. The van der Waals surface area contributed by atoms with E-state index in [9.17, 15) is 9.59 Å². The SMILES string of the molecule is COC(=O)CCC(CCN(C)Cc1ccccc1)n1nc(Cc2ccc(Cl)cc2)c2ccccc2c1=O. The highest BCUT2D eigenvalue weighted by atomic mass is 35.5. The molecule has 4 rings (SSSR count). The second-order valence-corrected chi connectivity index (χ2v) is 9.76. The molecule has 0 N–H and O–H groups in total. The Labute approximate surface area is 222 Å².